The van der Waals surface area contributed by atoms with Crippen molar-refractivity contribution < 1.29 is 4.39 Å². The van der Waals surface area contributed by atoms with Crippen molar-refractivity contribution >= 4 is 11.6 Å². The Bertz CT molecular complexity index is 425. The van der Waals surface area contributed by atoms with Gasteiger partial charge in [-0.15, -0.1) is 0 Å². The van der Waals surface area contributed by atoms with Crippen LogP contribution < -0.4 is 5.32 Å². The van der Waals surface area contributed by atoms with Gasteiger partial charge in [0.15, 0.2) is 0 Å². The predicted molar refractivity (Wildman–Crippen MR) is 79.2 cm³/mol. The van der Waals surface area contributed by atoms with E-state index in [-0.39, 0.29) is 11.2 Å². The lowest BCUT2D eigenvalue weighted by Gasteiger charge is -2.31. The first-order valence-corrected chi connectivity index (χ1v) is 7.56. The fourth-order valence-corrected chi connectivity index (χ4v) is 3.19. The van der Waals surface area contributed by atoms with E-state index in [0.29, 0.717) is 11.1 Å². The molecular formula is C16H23ClFN. The standard InChI is InChI=1S/C16H23ClFN/c1-12(2)19-11-16(7-3-4-8-16)10-13-5-6-14(17)9-15(13)18/h5-6,9,12,19H,3-4,7-8,10-11H2,1-2H3. The SMILES string of the molecule is CC(C)NCC1(Cc2ccc(Cl)cc2F)CCCC1. The third kappa shape index (κ3) is 3.93. The lowest BCUT2D eigenvalue weighted by molar-refractivity contribution is 0.266. The van der Waals surface area contributed by atoms with Crippen molar-refractivity contribution in [1.29, 1.82) is 0 Å². The van der Waals surface area contributed by atoms with Gasteiger partial charge < -0.3 is 5.32 Å². The van der Waals surface area contributed by atoms with Gasteiger partial charge in [-0.3, -0.25) is 0 Å². The number of halogens is 2. The minimum Gasteiger partial charge on any atom is -0.314 e. The summed E-state index contributed by atoms with van der Waals surface area (Å²) >= 11 is 5.82. The molecule has 0 unspecified atom stereocenters. The van der Waals surface area contributed by atoms with E-state index in [1.807, 2.05) is 6.07 Å². The molecule has 0 heterocycles. The molecule has 106 valence electrons. The summed E-state index contributed by atoms with van der Waals surface area (Å²) in [6.07, 6.45) is 5.71. The number of nitrogens with one attached hydrogen (secondary N) is 1. The third-order valence-electron chi connectivity index (χ3n) is 4.13. The summed E-state index contributed by atoms with van der Waals surface area (Å²) in [5, 5.41) is 4.00. The summed E-state index contributed by atoms with van der Waals surface area (Å²) in [4.78, 5) is 0. The van der Waals surface area contributed by atoms with Crippen molar-refractivity contribution in [2.24, 2.45) is 5.41 Å². The van der Waals surface area contributed by atoms with Crippen molar-refractivity contribution in [3.05, 3.63) is 34.6 Å². The Morgan fingerprint density at radius 1 is 1.32 bits per heavy atom. The first-order chi connectivity index (χ1) is 9.01. The average molecular weight is 284 g/mol. The second-order valence-corrected chi connectivity index (χ2v) is 6.59. The molecule has 1 aromatic carbocycles. The lowest BCUT2D eigenvalue weighted by atomic mass is 9.79. The van der Waals surface area contributed by atoms with E-state index in [2.05, 4.69) is 19.2 Å². The number of hydrogen-bond acceptors (Lipinski definition) is 1. The summed E-state index contributed by atoms with van der Waals surface area (Å²) in [7, 11) is 0. The van der Waals surface area contributed by atoms with Crippen LogP contribution in [0.3, 0.4) is 0 Å². The molecule has 0 bridgehead atoms. The largest absolute Gasteiger partial charge is 0.314 e. The quantitative estimate of drug-likeness (QED) is 0.834. The third-order valence-corrected chi connectivity index (χ3v) is 4.37. The van der Waals surface area contributed by atoms with E-state index < -0.39 is 0 Å². The van der Waals surface area contributed by atoms with Crippen molar-refractivity contribution in [3.8, 4) is 0 Å². The van der Waals surface area contributed by atoms with Crippen LogP contribution in [-0.4, -0.2) is 12.6 Å². The highest BCUT2D eigenvalue weighted by atomic mass is 35.5. The van der Waals surface area contributed by atoms with Gasteiger partial charge in [-0.1, -0.05) is 44.4 Å². The van der Waals surface area contributed by atoms with Gasteiger partial charge in [0, 0.05) is 17.6 Å². The maximum Gasteiger partial charge on any atom is 0.127 e. The lowest BCUT2D eigenvalue weighted by Crippen LogP contribution is -2.37. The highest BCUT2D eigenvalue weighted by Crippen LogP contribution is 2.41. The first kappa shape index (κ1) is 14.8. The molecule has 0 amide bonds. The molecule has 1 fully saturated rings. The van der Waals surface area contributed by atoms with Crippen LogP contribution in [0.25, 0.3) is 0 Å². The summed E-state index contributed by atoms with van der Waals surface area (Å²) < 4.78 is 14.0. The maximum atomic E-state index is 14.0. The molecular weight excluding hydrogens is 261 g/mol. The van der Waals surface area contributed by atoms with Gasteiger partial charge in [-0.05, 0) is 42.4 Å². The van der Waals surface area contributed by atoms with Crippen LogP contribution in [0.15, 0.2) is 18.2 Å². The monoisotopic (exact) mass is 283 g/mol. The van der Waals surface area contributed by atoms with Crippen LogP contribution in [-0.2, 0) is 6.42 Å². The summed E-state index contributed by atoms with van der Waals surface area (Å²) in [5.41, 5.74) is 1.02. The fourth-order valence-electron chi connectivity index (χ4n) is 3.03. The van der Waals surface area contributed by atoms with E-state index in [9.17, 15) is 4.39 Å². The highest BCUT2D eigenvalue weighted by molar-refractivity contribution is 6.30. The Hall–Kier alpha value is -0.600. The van der Waals surface area contributed by atoms with Crippen molar-refractivity contribution in [2.45, 2.75) is 52.0 Å². The molecule has 0 saturated heterocycles. The number of benzene rings is 1. The second-order valence-electron chi connectivity index (χ2n) is 6.16. The Morgan fingerprint density at radius 3 is 2.58 bits per heavy atom. The summed E-state index contributed by atoms with van der Waals surface area (Å²) in [6, 6.07) is 5.54. The van der Waals surface area contributed by atoms with Gasteiger partial charge in [-0.25, -0.2) is 4.39 Å². The van der Waals surface area contributed by atoms with Crippen molar-refractivity contribution in [1.82, 2.24) is 5.32 Å². The maximum absolute atomic E-state index is 14.0. The summed E-state index contributed by atoms with van der Waals surface area (Å²) in [6.45, 7) is 5.30. The minimum atomic E-state index is -0.164. The molecule has 0 atom stereocenters. The van der Waals surface area contributed by atoms with E-state index in [4.69, 9.17) is 11.6 Å². The number of rotatable bonds is 5. The van der Waals surface area contributed by atoms with E-state index in [1.165, 1.54) is 31.7 Å². The molecule has 1 N–H and O–H groups in total. The summed E-state index contributed by atoms with van der Waals surface area (Å²) in [5.74, 6) is -0.164. The topological polar surface area (TPSA) is 12.0 Å². The van der Waals surface area contributed by atoms with E-state index >= 15 is 0 Å². The molecule has 1 aliphatic carbocycles. The molecule has 0 radical (unpaired) electrons. The molecule has 3 heteroatoms. The number of hydrogen-bond donors (Lipinski definition) is 1. The van der Waals surface area contributed by atoms with Crippen LogP contribution in [0.5, 0.6) is 0 Å². The molecule has 0 spiro atoms. The second kappa shape index (κ2) is 6.23. The highest BCUT2D eigenvalue weighted by Gasteiger charge is 2.34. The van der Waals surface area contributed by atoms with Crippen LogP contribution in [0, 0.1) is 11.2 Å². The Labute approximate surface area is 120 Å². The zero-order valence-electron chi connectivity index (χ0n) is 11.8. The first-order valence-electron chi connectivity index (χ1n) is 7.18. The molecule has 0 aromatic heterocycles. The van der Waals surface area contributed by atoms with Gasteiger partial charge in [0.25, 0.3) is 0 Å². The van der Waals surface area contributed by atoms with Crippen LogP contribution in [0.2, 0.25) is 5.02 Å². The van der Waals surface area contributed by atoms with E-state index in [0.717, 1.165) is 18.5 Å². The predicted octanol–water partition coefficient (Wildman–Crippen LogP) is 4.58. The molecule has 1 saturated carbocycles. The normalized spacial score (nSPS) is 18.2. The Balaban J connectivity index is 2.11. The molecule has 1 aliphatic rings. The smallest absolute Gasteiger partial charge is 0.127 e. The Kier molecular flexibility index (Phi) is 4.86. The van der Waals surface area contributed by atoms with Gasteiger partial charge in [0.05, 0.1) is 0 Å². The molecule has 1 aromatic rings. The average Bonchev–Trinajstić information content (AvgIpc) is 2.80. The van der Waals surface area contributed by atoms with Gasteiger partial charge in [-0.2, -0.15) is 0 Å². The Morgan fingerprint density at radius 2 is 2.00 bits per heavy atom. The molecule has 1 nitrogen and oxygen atoms in total. The van der Waals surface area contributed by atoms with Crippen molar-refractivity contribution in [2.75, 3.05) is 6.54 Å². The van der Waals surface area contributed by atoms with Gasteiger partial charge in [0.1, 0.15) is 5.82 Å². The molecule has 19 heavy (non-hydrogen) atoms. The van der Waals surface area contributed by atoms with Gasteiger partial charge >= 0.3 is 0 Å². The van der Waals surface area contributed by atoms with Crippen molar-refractivity contribution in [3.63, 3.8) is 0 Å². The van der Waals surface area contributed by atoms with Gasteiger partial charge in [0.2, 0.25) is 0 Å². The molecule has 0 aliphatic heterocycles. The fraction of sp³-hybridized carbons (Fsp3) is 0.625. The van der Waals surface area contributed by atoms with Crippen LogP contribution in [0.1, 0.15) is 45.1 Å². The zero-order valence-corrected chi connectivity index (χ0v) is 12.6. The zero-order chi connectivity index (χ0) is 13.9. The molecule has 2 rings (SSSR count). The van der Waals surface area contributed by atoms with Crippen LogP contribution in [0.4, 0.5) is 4.39 Å². The van der Waals surface area contributed by atoms with E-state index in [1.54, 1.807) is 6.07 Å². The minimum absolute atomic E-state index is 0.164. The van der Waals surface area contributed by atoms with Crippen LogP contribution >= 0.6 is 11.6 Å².